The minimum absolute atomic E-state index is 0.0148. The molecular weight excluding hydrogens is 665 g/mol. The highest BCUT2D eigenvalue weighted by Gasteiger charge is 2.50. The van der Waals surface area contributed by atoms with E-state index in [1.54, 1.807) is 30.9 Å². The third-order valence-electron chi connectivity index (χ3n) is 8.71. The van der Waals surface area contributed by atoms with E-state index >= 15 is 0 Å². The SMILES string of the molecule is CCN(CC1=C(c2ccc(Cl)cc2)C(=O)N(C)C12CCCCC2)C(=O)[C@@H](COCc1ccccc1)NC(=O)C(C)(C)N.O=C(O)C(F)(F)F. The van der Waals surface area contributed by atoms with E-state index in [0.717, 1.165) is 48.8 Å². The second-order valence-electron chi connectivity index (χ2n) is 12.7. The molecule has 2 aliphatic rings. The van der Waals surface area contributed by atoms with E-state index in [-0.39, 0.29) is 25.0 Å². The summed E-state index contributed by atoms with van der Waals surface area (Å²) in [5, 5.41) is 10.5. The first kappa shape index (κ1) is 39.5. The molecule has 10 nitrogen and oxygen atoms in total. The molecule has 1 spiro atoms. The maximum atomic E-state index is 14.1. The highest BCUT2D eigenvalue weighted by Crippen LogP contribution is 2.48. The molecule has 0 radical (unpaired) electrons. The number of nitrogens with zero attached hydrogens (tertiary/aromatic N) is 2. The number of carbonyl (C=O) groups excluding carboxylic acids is 3. The van der Waals surface area contributed by atoms with Gasteiger partial charge in [-0.1, -0.05) is 73.3 Å². The smallest absolute Gasteiger partial charge is 0.475 e. The van der Waals surface area contributed by atoms with E-state index in [4.69, 9.17) is 32.0 Å². The van der Waals surface area contributed by atoms with Gasteiger partial charge in [0.1, 0.15) is 6.04 Å². The molecule has 0 saturated heterocycles. The number of carboxylic acid groups (broad SMARTS) is 1. The Morgan fingerprint density at radius 2 is 1.63 bits per heavy atom. The molecule has 2 aromatic carbocycles. The minimum Gasteiger partial charge on any atom is -0.475 e. The predicted octanol–water partition coefficient (Wildman–Crippen LogP) is 5.19. The van der Waals surface area contributed by atoms with Gasteiger partial charge in [-0.05, 0) is 62.4 Å². The Labute approximate surface area is 289 Å². The number of rotatable bonds is 11. The standard InChI is InChI=1S/C33H43ClN4O4.C2HF3O2/c1-5-38(29(39)27(36-31(41)32(2,3)35)22-42-21-23-12-8-6-9-13-23)20-26-28(24-14-16-25(34)17-15-24)30(40)37(4)33(26)18-10-7-11-19-33;3-2(4,5)1(6)7/h6,8-9,12-17,27H,5,7,10-11,18-22,35H2,1-4H3,(H,36,41);(H,6,7)/t27-;/m1./s1. The number of alkyl halides is 3. The quantitative estimate of drug-likeness (QED) is 0.292. The zero-order valence-electron chi connectivity index (χ0n) is 28.1. The van der Waals surface area contributed by atoms with Gasteiger partial charge >= 0.3 is 12.1 Å². The molecular formula is C35H44ClF3N4O6. The summed E-state index contributed by atoms with van der Waals surface area (Å²) < 4.78 is 37.7. The number of hydrogen-bond acceptors (Lipinski definition) is 6. The first-order chi connectivity index (χ1) is 22.9. The second kappa shape index (κ2) is 16.6. The maximum absolute atomic E-state index is 14.1. The predicted molar refractivity (Wildman–Crippen MR) is 179 cm³/mol. The lowest BCUT2D eigenvalue weighted by atomic mass is 9.75. The van der Waals surface area contributed by atoms with Crippen LogP contribution in [0, 0.1) is 0 Å². The van der Waals surface area contributed by atoms with E-state index in [9.17, 15) is 27.6 Å². The van der Waals surface area contributed by atoms with Crippen LogP contribution in [-0.4, -0.2) is 88.6 Å². The van der Waals surface area contributed by atoms with Crippen LogP contribution in [0.2, 0.25) is 5.02 Å². The monoisotopic (exact) mass is 708 g/mol. The van der Waals surface area contributed by atoms with Crippen molar-refractivity contribution in [2.45, 2.75) is 82.8 Å². The number of halogens is 4. The number of carbonyl (C=O) groups is 4. The van der Waals surface area contributed by atoms with E-state index < -0.39 is 35.2 Å². The van der Waals surface area contributed by atoms with E-state index in [0.29, 0.717) is 23.7 Å². The minimum atomic E-state index is -5.08. The van der Waals surface area contributed by atoms with Crippen molar-refractivity contribution in [3.05, 3.63) is 76.3 Å². The van der Waals surface area contributed by atoms with Crippen molar-refractivity contribution in [3.8, 4) is 0 Å². The summed E-state index contributed by atoms with van der Waals surface area (Å²) in [5.74, 6) is -3.52. The molecule has 4 rings (SSSR count). The van der Waals surface area contributed by atoms with Crippen LogP contribution in [0.1, 0.15) is 64.0 Å². The maximum Gasteiger partial charge on any atom is 0.490 e. The summed E-state index contributed by atoms with van der Waals surface area (Å²) in [4.78, 5) is 53.4. The molecule has 2 aromatic rings. The molecule has 1 heterocycles. The van der Waals surface area contributed by atoms with Gasteiger partial charge in [0.2, 0.25) is 11.8 Å². The van der Waals surface area contributed by atoms with Crippen molar-refractivity contribution in [2.75, 3.05) is 26.7 Å². The normalized spacial score (nSPS) is 16.6. The van der Waals surface area contributed by atoms with Crippen LogP contribution in [0.4, 0.5) is 13.2 Å². The number of benzene rings is 2. The number of amides is 3. The lowest BCUT2D eigenvalue weighted by Gasteiger charge is -2.43. The number of hydrogen-bond donors (Lipinski definition) is 3. The Morgan fingerprint density at radius 1 is 1.06 bits per heavy atom. The molecule has 1 saturated carbocycles. The highest BCUT2D eigenvalue weighted by molar-refractivity contribution is 6.31. The van der Waals surface area contributed by atoms with E-state index in [2.05, 4.69) is 5.32 Å². The number of ether oxygens (including phenoxy) is 1. The Bertz CT molecular complexity index is 1500. The molecule has 14 heteroatoms. The molecule has 1 fully saturated rings. The summed E-state index contributed by atoms with van der Waals surface area (Å²) >= 11 is 6.18. The van der Waals surface area contributed by atoms with Gasteiger partial charge in [0.25, 0.3) is 5.91 Å². The topological polar surface area (TPSA) is 142 Å². The Balaban J connectivity index is 0.000000838. The Morgan fingerprint density at radius 3 is 2.14 bits per heavy atom. The lowest BCUT2D eigenvalue weighted by Crippen LogP contribution is -2.58. The molecule has 3 amide bonds. The van der Waals surface area contributed by atoms with Gasteiger partial charge in [-0.25, -0.2) is 4.79 Å². The zero-order chi connectivity index (χ0) is 36.6. The van der Waals surface area contributed by atoms with Crippen molar-refractivity contribution >= 4 is 40.9 Å². The molecule has 268 valence electrons. The van der Waals surface area contributed by atoms with Crippen LogP contribution in [0.5, 0.6) is 0 Å². The summed E-state index contributed by atoms with van der Waals surface area (Å²) in [6.45, 7) is 6.05. The van der Waals surface area contributed by atoms with Crippen molar-refractivity contribution in [2.24, 2.45) is 5.73 Å². The molecule has 1 aliphatic heterocycles. The molecule has 0 unspecified atom stereocenters. The highest BCUT2D eigenvalue weighted by atomic mass is 35.5. The average molecular weight is 709 g/mol. The van der Waals surface area contributed by atoms with E-state index in [1.807, 2.05) is 61.3 Å². The van der Waals surface area contributed by atoms with Crippen LogP contribution >= 0.6 is 11.6 Å². The first-order valence-electron chi connectivity index (χ1n) is 16.0. The Hall–Kier alpha value is -3.94. The third kappa shape index (κ3) is 10.1. The first-order valence-corrected chi connectivity index (χ1v) is 16.4. The molecule has 0 aromatic heterocycles. The van der Waals surface area contributed by atoms with Crippen molar-refractivity contribution < 1.29 is 42.2 Å². The second-order valence-corrected chi connectivity index (χ2v) is 13.2. The van der Waals surface area contributed by atoms with Gasteiger partial charge in [0.15, 0.2) is 0 Å². The average Bonchev–Trinajstić information content (AvgIpc) is 3.24. The van der Waals surface area contributed by atoms with Gasteiger partial charge in [-0.3, -0.25) is 14.4 Å². The Kier molecular flexibility index (Phi) is 13.4. The molecule has 1 atom stereocenters. The largest absolute Gasteiger partial charge is 0.490 e. The zero-order valence-corrected chi connectivity index (χ0v) is 28.9. The van der Waals surface area contributed by atoms with Crippen LogP contribution in [0.15, 0.2) is 60.2 Å². The van der Waals surface area contributed by atoms with Gasteiger partial charge in [0, 0.05) is 25.2 Å². The van der Waals surface area contributed by atoms with Crippen LogP contribution in [0.25, 0.3) is 5.57 Å². The summed E-state index contributed by atoms with van der Waals surface area (Å²) in [5.41, 5.74) is 7.76. The fourth-order valence-corrected chi connectivity index (χ4v) is 6.11. The number of likely N-dealkylation sites (N-methyl/N-ethyl adjacent to an activating group) is 2. The summed E-state index contributed by atoms with van der Waals surface area (Å²) in [7, 11) is 1.87. The summed E-state index contributed by atoms with van der Waals surface area (Å²) in [6.07, 6.45) is -0.269. The van der Waals surface area contributed by atoms with Crippen LogP contribution < -0.4 is 11.1 Å². The fraction of sp³-hybridized carbons (Fsp3) is 0.486. The summed E-state index contributed by atoms with van der Waals surface area (Å²) in [6, 6.07) is 16.0. The van der Waals surface area contributed by atoms with Gasteiger partial charge in [0.05, 0.1) is 29.9 Å². The van der Waals surface area contributed by atoms with Gasteiger partial charge in [-0.15, -0.1) is 0 Å². The third-order valence-corrected chi connectivity index (χ3v) is 8.96. The molecule has 4 N–H and O–H groups in total. The van der Waals surface area contributed by atoms with Crippen molar-refractivity contribution in [3.63, 3.8) is 0 Å². The number of nitrogens with one attached hydrogen (secondary N) is 1. The fourth-order valence-electron chi connectivity index (χ4n) is 5.99. The van der Waals surface area contributed by atoms with Crippen molar-refractivity contribution in [1.82, 2.24) is 15.1 Å². The lowest BCUT2D eigenvalue weighted by molar-refractivity contribution is -0.192. The number of carboxylic acids is 1. The number of aliphatic carboxylic acids is 1. The molecule has 0 bridgehead atoms. The van der Waals surface area contributed by atoms with Gasteiger partial charge < -0.3 is 30.7 Å². The van der Waals surface area contributed by atoms with Crippen molar-refractivity contribution in [1.29, 1.82) is 0 Å². The van der Waals surface area contributed by atoms with Gasteiger partial charge in [-0.2, -0.15) is 13.2 Å². The van der Waals surface area contributed by atoms with Crippen LogP contribution in [0.3, 0.4) is 0 Å². The van der Waals surface area contributed by atoms with E-state index in [1.165, 1.54) is 0 Å². The molecule has 49 heavy (non-hydrogen) atoms. The molecule has 1 aliphatic carbocycles. The van der Waals surface area contributed by atoms with Crippen LogP contribution in [-0.2, 0) is 30.5 Å². The number of nitrogens with two attached hydrogens (primary N) is 1.